The molecule has 108 valence electrons. The molecule has 0 atom stereocenters. The molecule has 21 heavy (non-hydrogen) atoms. The number of para-hydroxylation sites is 1. The van der Waals surface area contributed by atoms with Gasteiger partial charge in [-0.05, 0) is 30.8 Å². The van der Waals surface area contributed by atoms with E-state index in [0.29, 0.717) is 34.3 Å². The zero-order valence-corrected chi connectivity index (χ0v) is 11.9. The van der Waals surface area contributed by atoms with Gasteiger partial charge in [-0.1, -0.05) is 25.1 Å². The summed E-state index contributed by atoms with van der Waals surface area (Å²) in [6, 6.07) is 12.7. The van der Waals surface area contributed by atoms with E-state index in [0.717, 1.165) is 13.1 Å². The summed E-state index contributed by atoms with van der Waals surface area (Å²) in [4.78, 5) is 12.6. The van der Waals surface area contributed by atoms with Crippen LogP contribution in [0.25, 0.3) is 21.9 Å². The minimum Gasteiger partial charge on any atom is -0.491 e. The second-order valence-electron chi connectivity index (χ2n) is 4.76. The fourth-order valence-corrected chi connectivity index (χ4v) is 2.35. The Hall–Kier alpha value is -2.33. The van der Waals surface area contributed by atoms with Crippen LogP contribution in [0, 0.1) is 0 Å². The van der Waals surface area contributed by atoms with E-state index in [1.807, 2.05) is 25.1 Å². The molecule has 0 spiro atoms. The predicted octanol–water partition coefficient (Wildman–Crippen LogP) is 2.93. The number of rotatable bonds is 5. The van der Waals surface area contributed by atoms with E-state index in [4.69, 9.17) is 9.15 Å². The van der Waals surface area contributed by atoms with Crippen LogP contribution in [0.3, 0.4) is 0 Å². The van der Waals surface area contributed by atoms with Crippen LogP contribution in [0.4, 0.5) is 0 Å². The molecule has 1 aromatic heterocycles. The SMILES string of the molecule is CCNCCOc1cccc2oc3ccccc3c(=O)c12. The lowest BCUT2D eigenvalue weighted by molar-refractivity contribution is 0.318. The van der Waals surface area contributed by atoms with Gasteiger partial charge in [-0.3, -0.25) is 4.79 Å². The monoisotopic (exact) mass is 283 g/mol. The average molecular weight is 283 g/mol. The summed E-state index contributed by atoms with van der Waals surface area (Å²) in [5, 5.41) is 4.27. The zero-order chi connectivity index (χ0) is 14.7. The Balaban J connectivity index is 2.09. The normalized spacial score (nSPS) is 11.1. The molecule has 3 aromatic rings. The Morgan fingerprint density at radius 3 is 2.76 bits per heavy atom. The minimum absolute atomic E-state index is 0.0501. The van der Waals surface area contributed by atoms with Gasteiger partial charge in [-0.15, -0.1) is 0 Å². The molecule has 0 fully saturated rings. The first kappa shape index (κ1) is 13.6. The van der Waals surface area contributed by atoms with Crippen molar-refractivity contribution in [3.8, 4) is 5.75 Å². The molecular weight excluding hydrogens is 266 g/mol. The third-order valence-electron chi connectivity index (χ3n) is 3.35. The number of hydrogen-bond donors (Lipinski definition) is 1. The second kappa shape index (κ2) is 5.97. The molecular formula is C17H17NO3. The van der Waals surface area contributed by atoms with E-state index in [2.05, 4.69) is 5.32 Å². The molecule has 4 heteroatoms. The lowest BCUT2D eigenvalue weighted by Crippen LogP contribution is -2.20. The molecule has 0 saturated heterocycles. The fourth-order valence-electron chi connectivity index (χ4n) is 2.35. The topological polar surface area (TPSA) is 51.5 Å². The summed E-state index contributed by atoms with van der Waals surface area (Å²) in [6.45, 7) is 4.19. The summed E-state index contributed by atoms with van der Waals surface area (Å²) in [7, 11) is 0. The van der Waals surface area contributed by atoms with Gasteiger partial charge in [0.05, 0.1) is 5.39 Å². The number of likely N-dealkylation sites (N-methyl/N-ethyl adjacent to an activating group) is 1. The fraction of sp³-hybridized carbons (Fsp3) is 0.235. The predicted molar refractivity (Wildman–Crippen MR) is 84.0 cm³/mol. The van der Waals surface area contributed by atoms with Crippen LogP contribution in [0.15, 0.2) is 51.7 Å². The molecule has 0 saturated carbocycles. The van der Waals surface area contributed by atoms with Crippen molar-refractivity contribution >= 4 is 21.9 Å². The van der Waals surface area contributed by atoms with E-state index >= 15 is 0 Å². The molecule has 3 rings (SSSR count). The summed E-state index contributed by atoms with van der Waals surface area (Å²) in [5.74, 6) is 0.574. The number of fused-ring (bicyclic) bond motifs is 2. The quantitative estimate of drug-likeness (QED) is 0.578. The Kier molecular flexibility index (Phi) is 3.88. The van der Waals surface area contributed by atoms with Gasteiger partial charge in [0.25, 0.3) is 0 Å². The molecule has 0 amide bonds. The van der Waals surface area contributed by atoms with Gasteiger partial charge < -0.3 is 14.5 Å². The average Bonchev–Trinajstić information content (AvgIpc) is 2.52. The Morgan fingerprint density at radius 2 is 1.90 bits per heavy atom. The van der Waals surface area contributed by atoms with Crippen LogP contribution in [0.1, 0.15) is 6.92 Å². The van der Waals surface area contributed by atoms with Crippen LogP contribution in [-0.2, 0) is 0 Å². The van der Waals surface area contributed by atoms with Crippen molar-refractivity contribution in [3.63, 3.8) is 0 Å². The Bertz CT molecular complexity index is 823. The summed E-state index contributed by atoms with van der Waals surface area (Å²) < 4.78 is 11.5. The molecule has 0 aliphatic heterocycles. The molecule has 1 heterocycles. The summed E-state index contributed by atoms with van der Waals surface area (Å²) in [6.07, 6.45) is 0. The van der Waals surface area contributed by atoms with E-state index < -0.39 is 0 Å². The minimum atomic E-state index is -0.0501. The van der Waals surface area contributed by atoms with Crippen molar-refractivity contribution < 1.29 is 9.15 Å². The maximum absolute atomic E-state index is 12.6. The van der Waals surface area contributed by atoms with Gasteiger partial charge in [-0.25, -0.2) is 0 Å². The lowest BCUT2D eigenvalue weighted by atomic mass is 10.1. The van der Waals surface area contributed by atoms with E-state index in [-0.39, 0.29) is 5.43 Å². The second-order valence-corrected chi connectivity index (χ2v) is 4.76. The maximum atomic E-state index is 12.6. The third kappa shape index (κ3) is 2.62. The van der Waals surface area contributed by atoms with E-state index in [1.165, 1.54) is 0 Å². The van der Waals surface area contributed by atoms with Gasteiger partial charge in [0.15, 0.2) is 0 Å². The number of nitrogens with one attached hydrogen (secondary N) is 1. The number of benzene rings is 2. The first-order valence-corrected chi connectivity index (χ1v) is 7.09. The molecule has 0 bridgehead atoms. The summed E-state index contributed by atoms with van der Waals surface area (Å²) >= 11 is 0. The molecule has 2 aromatic carbocycles. The van der Waals surface area contributed by atoms with Crippen molar-refractivity contribution in [2.75, 3.05) is 19.7 Å². The van der Waals surface area contributed by atoms with E-state index in [1.54, 1.807) is 24.3 Å². The number of hydrogen-bond acceptors (Lipinski definition) is 4. The molecule has 1 N–H and O–H groups in total. The molecule has 0 aliphatic rings. The van der Waals surface area contributed by atoms with Crippen LogP contribution in [0.5, 0.6) is 5.75 Å². The van der Waals surface area contributed by atoms with Gasteiger partial charge in [-0.2, -0.15) is 0 Å². The lowest BCUT2D eigenvalue weighted by Gasteiger charge is -2.09. The van der Waals surface area contributed by atoms with Crippen molar-refractivity contribution in [2.45, 2.75) is 6.92 Å². The highest BCUT2D eigenvalue weighted by Crippen LogP contribution is 2.25. The van der Waals surface area contributed by atoms with Gasteiger partial charge in [0, 0.05) is 6.54 Å². The van der Waals surface area contributed by atoms with Crippen LogP contribution in [0.2, 0.25) is 0 Å². The highest BCUT2D eigenvalue weighted by Gasteiger charge is 2.11. The van der Waals surface area contributed by atoms with Crippen LogP contribution >= 0.6 is 0 Å². The largest absolute Gasteiger partial charge is 0.491 e. The standard InChI is InChI=1S/C17H17NO3/c1-2-18-10-11-20-14-8-5-9-15-16(14)17(19)12-6-3-4-7-13(12)21-15/h3-9,18H,2,10-11H2,1H3. The Labute approximate surface area is 122 Å². The highest BCUT2D eigenvalue weighted by atomic mass is 16.5. The molecule has 0 radical (unpaired) electrons. The zero-order valence-electron chi connectivity index (χ0n) is 11.9. The first-order chi connectivity index (χ1) is 10.3. The summed E-state index contributed by atoms with van der Waals surface area (Å²) in [5.41, 5.74) is 1.10. The highest BCUT2D eigenvalue weighted by molar-refractivity contribution is 5.93. The van der Waals surface area contributed by atoms with Crippen molar-refractivity contribution in [1.29, 1.82) is 0 Å². The van der Waals surface area contributed by atoms with Crippen LogP contribution in [-0.4, -0.2) is 19.7 Å². The van der Waals surface area contributed by atoms with Gasteiger partial charge >= 0.3 is 0 Å². The smallest absolute Gasteiger partial charge is 0.204 e. The van der Waals surface area contributed by atoms with Gasteiger partial charge in [0.2, 0.25) is 5.43 Å². The first-order valence-electron chi connectivity index (χ1n) is 7.09. The van der Waals surface area contributed by atoms with Crippen LogP contribution < -0.4 is 15.5 Å². The van der Waals surface area contributed by atoms with E-state index in [9.17, 15) is 4.79 Å². The van der Waals surface area contributed by atoms with Gasteiger partial charge in [0.1, 0.15) is 28.9 Å². The Morgan fingerprint density at radius 1 is 1.10 bits per heavy atom. The van der Waals surface area contributed by atoms with Crippen molar-refractivity contribution in [2.24, 2.45) is 0 Å². The van der Waals surface area contributed by atoms with Crippen molar-refractivity contribution in [3.05, 3.63) is 52.7 Å². The number of ether oxygens (including phenoxy) is 1. The molecule has 0 aliphatic carbocycles. The maximum Gasteiger partial charge on any atom is 0.204 e. The molecule has 4 nitrogen and oxygen atoms in total. The molecule has 0 unspecified atom stereocenters. The van der Waals surface area contributed by atoms with Crippen molar-refractivity contribution in [1.82, 2.24) is 5.32 Å². The third-order valence-corrected chi connectivity index (χ3v) is 3.35.